The summed E-state index contributed by atoms with van der Waals surface area (Å²) in [5, 5.41) is 0. The Morgan fingerprint density at radius 2 is 2.06 bits per heavy atom. The lowest BCUT2D eigenvalue weighted by atomic mass is 10.1. The largest absolute Gasteiger partial charge is 0.488 e. The normalized spacial score (nSPS) is 10.6. The van der Waals surface area contributed by atoms with Crippen LogP contribution in [0.4, 0.5) is 4.39 Å². The molecule has 102 valence electrons. The maximum absolute atomic E-state index is 13.6. The molecular formula is C14H22FNO2. The maximum Gasteiger partial charge on any atom is 0.165 e. The molecule has 0 aromatic heterocycles. The molecular weight excluding hydrogens is 233 g/mol. The van der Waals surface area contributed by atoms with Crippen molar-refractivity contribution in [3.63, 3.8) is 0 Å². The van der Waals surface area contributed by atoms with Crippen LogP contribution in [-0.4, -0.2) is 26.4 Å². The molecule has 18 heavy (non-hydrogen) atoms. The summed E-state index contributed by atoms with van der Waals surface area (Å²) in [4.78, 5) is 0. The van der Waals surface area contributed by atoms with Gasteiger partial charge in [-0.25, -0.2) is 4.39 Å². The van der Waals surface area contributed by atoms with Crippen LogP contribution in [0.25, 0.3) is 0 Å². The first-order chi connectivity index (χ1) is 8.77. The molecule has 0 unspecified atom stereocenters. The van der Waals surface area contributed by atoms with Gasteiger partial charge in [-0.2, -0.15) is 0 Å². The molecule has 1 aromatic carbocycles. The lowest BCUT2D eigenvalue weighted by Crippen LogP contribution is -2.08. The maximum atomic E-state index is 13.6. The first-order valence-electron chi connectivity index (χ1n) is 6.47. The molecule has 2 N–H and O–H groups in total. The Morgan fingerprint density at radius 1 is 1.22 bits per heavy atom. The number of hydrogen-bond donors (Lipinski definition) is 1. The molecule has 0 atom stereocenters. The molecule has 0 saturated heterocycles. The van der Waals surface area contributed by atoms with E-state index in [-0.39, 0.29) is 11.6 Å². The molecule has 0 aliphatic rings. The van der Waals surface area contributed by atoms with Gasteiger partial charge in [-0.1, -0.05) is 19.4 Å². The zero-order valence-corrected chi connectivity index (χ0v) is 11.0. The second kappa shape index (κ2) is 8.89. The molecule has 0 heterocycles. The van der Waals surface area contributed by atoms with Crippen molar-refractivity contribution in [1.29, 1.82) is 0 Å². The molecule has 0 saturated carbocycles. The van der Waals surface area contributed by atoms with Crippen LogP contribution in [0, 0.1) is 5.82 Å². The molecule has 1 rings (SSSR count). The van der Waals surface area contributed by atoms with Crippen molar-refractivity contribution in [3.8, 4) is 5.75 Å². The first-order valence-corrected chi connectivity index (χ1v) is 6.47. The molecule has 0 aliphatic heterocycles. The number of benzene rings is 1. The van der Waals surface area contributed by atoms with Crippen molar-refractivity contribution in [3.05, 3.63) is 29.6 Å². The van der Waals surface area contributed by atoms with Crippen molar-refractivity contribution in [1.82, 2.24) is 0 Å². The highest BCUT2D eigenvalue weighted by Gasteiger charge is 2.04. The van der Waals surface area contributed by atoms with Gasteiger partial charge in [-0.05, 0) is 37.1 Å². The van der Waals surface area contributed by atoms with E-state index in [0.717, 1.165) is 25.0 Å². The van der Waals surface area contributed by atoms with Crippen LogP contribution in [0.1, 0.15) is 25.3 Å². The molecule has 3 nitrogen and oxygen atoms in total. The molecule has 0 radical (unpaired) electrons. The highest BCUT2D eigenvalue weighted by atomic mass is 19.1. The Balaban J connectivity index is 2.29. The fraction of sp³-hybridized carbons (Fsp3) is 0.571. The van der Waals surface area contributed by atoms with Crippen molar-refractivity contribution in [2.45, 2.75) is 26.2 Å². The number of rotatable bonds is 9. The van der Waals surface area contributed by atoms with Gasteiger partial charge in [0.1, 0.15) is 6.61 Å². The molecule has 1 aromatic rings. The minimum absolute atomic E-state index is 0.273. The van der Waals surface area contributed by atoms with E-state index in [1.54, 1.807) is 6.07 Å². The van der Waals surface area contributed by atoms with Gasteiger partial charge in [-0.3, -0.25) is 0 Å². The van der Waals surface area contributed by atoms with Gasteiger partial charge in [0.25, 0.3) is 0 Å². The van der Waals surface area contributed by atoms with Crippen molar-refractivity contribution in [2.75, 3.05) is 26.4 Å². The van der Waals surface area contributed by atoms with E-state index in [4.69, 9.17) is 15.2 Å². The minimum atomic E-state index is -0.338. The molecule has 0 aliphatic carbocycles. The summed E-state index contributed by atoms with van der Waals surface area (Å²) in [5.74, 6) is -0.0654. The van der Waals surface area contributed by atoms with Crippen LogP contribution in [0.5, 0.6) is 5.75 Å². The highest BCUT2D eigenvalue weighted by Crippen LogP contribution is 2.18. The topological polar surface area (TPSA) is 44.5 Å². The third kappa shape index (κ3) is 5.47. The van der Waals surface area contributed by atoms with E-state index in [0.29, 0.717) is 26.2 Å². The SMILES string of the molecule is CCCCOCCOc1ccc(CCN)cc1F. The average Bonchev–Trinajstić information content (AvgIpc) is 2.36. The zero-order valence-electron chi connectivity index (χ0n) is 11.0. The van der Waals surface area contributed by atoms with Crippen LogP contribution in [0.2, 0.25) is 0 Å². The van der Waals surface area contributed by atoms with Crippen molar-refractivity contribution >= 4 is 0 Å². The first kappa shape index (κ1) is 14.9. The Hall–Kier alpha value is -1.13. The molecule has 0 spiro atoms. The van der Waals surface area contributed by atoms with Gasteiger partial charge in [0.2, 0.25) is 0 Å². The van der Waals surface area contributed by atoms with Gasteiger partial charge >= 0.3 is 0 Å². The Bertz CT molecular complexity index is 345. The van der Waals surface area contributed by atoms with Crippen molar-refractivity contribution in [2.24, 2.45) is 5.73 Å². The summed E-state index contributed by atoms with van der Waals surface area (Å²) in [7, 11) is 0. The number of nitrogens with two attached hydrogens (primary N) is 1. The van der Waals surface area contributed by atoms with Crippen LogP contribution in [0.15, 0.2) is 18.2 Å². The Kier molecular flexibility index (Phi) is 7.37. The lowest BCUT2D eigenvalue weighted by Gasteiger charge is -2.09. The van der Waals surface area contributed by atoms with Gasteiger partial charge in [0.05, 0.1) is 6.61 Å². The van der Waals surface area contributed by atoms with E-state index >= 15 is 0 Å². The summed E-state index contributed by atoms with van der Waals surface area (Å²) < 4.78 is 24.2. The van der Waals surface area contributed by atoms with Gasteiger partial charge < -0.3 is 15.2 Å². The van der Waals surface area contributed by atoms with Crippen molar-refractivity contribution < 1.29 is 13.9 Å². The van der Waals surface area contributed by atoms with E-state index in [9.17, 15) is 4.39 Å². The smallest absolute Gasteiger partial charge is 0.165 e. The third-order valence-electron chi connectivity index (χ3n) is 2.56. The highest BCUT2D eigenvalue weighted by molar-refractivity contribution is 5.29. The molecule has 0 bridgehead atoms. The van der Waals surface area contributed by atoms with Crippen LogP contribution >= 0.6 is 0 Å². The standard InChI is InChI=1S/C14H22FNO2/c1-2-3-8-17-9-10-18-14-5-4-12(6-7-16)11-13(14)15/h4-5,11H,2-3,6-10,16H2,1H3. The zero-order chi connectivity index (χ0) is 13.2. The van der Waals surface area contributed by atoms with Gasteiger partial charge in [-0.15, -0.1) is 0 Å². The number of unbranched alkanes of at least 4 members (excludes halogenated alkanes) is 1. The number of hydrogen-bond acceptors (Lipinski definition) is 3. The Morgan fingerprint density at radius 3 is 2.72 bits per heavy atom. The van der Waals surface area contributed by atoms with E-state index in [2.05, 4.69) is 6.92 Å². The second-order valence-electron chi connectivity index (χ2n) is 4.12. The quantitative estimate of drug-likeness (QED) is 0.690. The molecule has 0 fully saturated rings. The Labute approximate surface area is 108 Å². The summed E-state index contributed by atoms with van der Waals surface area (Å²) >= 11 is 0. The van der Waals surface area contributed by atoms with Gasteiger partial charge in [0, 0.05) is 6.61 Å². The fourth-order valence-corrected chi connectivity index (χ4v) is 1.54. The van der Waals surface area contributed by atoms with Crippen LogP contribution in [0.3, 0.4) is 0 Å². The predicted molar refractivity (Wildman–Crippen MR) is 70.4 cm³/mol. The van der Waals surface area contributed by atoms with E-state index in [1.807, 2.05) is 6.07 Å². The third-order valence-corrected chi connectivity index (χ3v) is 2.56. The fourth-order valence-electron chi connectivity index (χ4n) is 1.54. The van der Waals surface area contributed by atoms with Crippen LogP contribution in [-0.2, 0) is 11.2 Å². The average molecular weight is 255 g/mol. The van der Waals surface area contributed by atoms with E-state index < -0.39 is 0 Å². The predicted octanol–water partition coefficient (Wildman–Crippen LogP) is 2.52. The number of halogens is 1. The van der Waals surface area contributed by atoms with E-state index in [1.165, 1.54) is 6.07 Å². The molecule has 0 amide bonds. The summed E-state index contributed by atoms with van der Waals surface area (Å²) in [6.45, 7) is 4.22. The monoisotopic (exact) mass is 255 g/mol. The molecule has 4 heteroatoms. The lowest BCUT2D eigenvalue weighted by molar-refractivity contribution is 0.0967. The number of ether oxygens (including phenoxy) is 2. The summed E-state index contributed by atoms with van der Waals surface area (Å²) in [6, 6.07) is 4.95. The minimum Gasteiger partial charge on any atom is -0.488 e. The summed E-state index contributed by atoms with van der Waals surface area (Å²) in [6.07, 6.45) is 2.83. The second-order valence-corrected chi connectivity index (χ2v) is 4.12. The van der Waals surface area contributed by atoms with Crippen LogP contribution < -0.4 is 10.5 Å². The van der Waals surface area contributed by atoms with Gasteiger partial charge in [0.15, 0.2) is 11.6 Å². The summed E-state index contributed by atoms with van der Waals surface area (Å²) in [5.41, 5.74) is 6.31.